The molecule has 7 heteroatoms. The predicted molar refractivity (Wildman–Crippen MR) is 106 cm³/mol. The Kier molecular flexibility index (Phi) is 4.23. The van der Waals surface area contributed by atoms with E-state index in [-0.39, 0.29) is 24.0 Å². The lowest BCUT2D eigenvalue weighted by atomic mass is 9.91. The number of amides is 2. The quantitative estimate of drug-likeness (QED) is 0.688. The topological polar surface area (TPSA) is 84.5 Å². The van der Waals surface area contributed by atoms with Gasteiger partial charge in [-0.25, -0.2) is 0 Å². The molecule has 7 nitrogen and oxygen atoms in total. The number of benzene rings is 2. The van der Waals surface area contributed by atoms with Crippen LogP contribution in [0.25, 0.3) is 10.9 Å². The lowest BCUT2D eigenvalue weighted by Crippen LogP contribution is -2.44. The van der Waals surface area contributed by atoms with Gasteiger partial charge in [-0.05, 0) is 43.5 Å². The maximum absolute atomic E-state index is 12.8. The number of H-pyrrole nitrogens is 1. The van der Waals surface area contributed by atoms with Crippen molar-refractivity contribution in [1.82, 2.24) is 15.1 Å². The number of nitrogens with one attached hydrogen (secondary N) is 1. The second-order valence-corrected chi connectivity index (χ2v) is 7.51. The molecular weight excluding hydrogens is 370 g/mol. The normalized spacial score (nSPS) is 21.5. The van der Waals surface area contributed by atoms with Gasteiger partial charge in [0.05, 0.1) is 35.3 Å². The minimum atomic E-state index is -0.200. The van der Waals surface area contributed by atoms with Gasteiger partial charge in [0.25, 0.3) is 11.8 Å². The molecule has 0 unspecified atom stereocenters. The number of nitrogens with zero attached hydrogens (tertiary/aromatic N) is 2. The number of ether oxygens (including phenoxy) is 2. The van der Waals surface area contributed by atoms with Gasteiger partial charge in [-0.3, -0.25) is 19.6 Å². The average molecular weight is 391 g/mol. The van der Waals surface area contributed by atoms with E-state index in [4.69, 9.17) is 9.47 Å². The third-order valence-electron chi connectivity index (χ3n) is 5.83. The smallest absolute Gasteiger partial charge is 0.261 e. The van der Waals surface area contributed by atoms with Gasteiger partial charge in [0.15, 0.2) is 11.5 Å². The SMILES string of the molecule is COc1c(O[C@H]2CCC[C@@H](N3C(=O)c4ccccc4C3=O)C2)ccc2[nH]ncc12. The van der Waals surface area contributed by atoms with Crippen LogP contribution >= 0.6 is 0 Å². The summed E-state index contributed by atoms with van der Waals surface area (Å²) in [7, 11) is 1.61. The van der Waals surface area contributed by atoms with Crippen molar-refractivity contribution in [3.8, 4) is 11.5 Å². The summed E-state index contributed by atoms with van der Waals surface area (Å²) in [5.74, 6) is 0.885. The van der Waals surface area contributed by atoms with E-state index in [0.29, 0.717) is 29.0 Å². The molecule has 5 rings (SSSR count). The third-order valence-corrected chi connectivity index (χ3v) is 5.83. The molecule has 1 fully saturated rings. The maximum Gasteiger partial charge on any atom is 0.261 e. The van der Waals surface area contributed by atoms with Gasteiger partial charge in [-0.1, -0.05) is 12.1 Å². The first kappa shape index (κ1) is 17.7. The van der Waals surface area contributed by atoms with E-state index in [0.717, 1.165) is 30.2 Å². The van der Waals surface area contributed by atoms with Crippen molar-refractivity contribution < 1.29 is 19.1 Å². The maximum atomic E-state index is 12.8. The molecule has 0 radical (unpaired) electrons. The van der Waals surface area contributed by atoms with Crippen molar-refractivity contribution >= 4 is 22.7 Å². The van der Waals surface area contributed by atoms with Gasteiger partial charge in [-0.15, -0.1) is 0 Å². The number of hydrogen-bond acceptors (Lipinski definition) is 5. The summed E-state index contributed by atoms with van der Waals surface area (Å²) in [5, 5.41) is 7.84. The van der Waals surface area contributed by atoms with E-state index in [1.807, 2.05) is 12.1 Å². The molecule has 0 bridgehead atoms. The van der Waals surface area contributed by atoms with Crippen LogP contribution in [0, 0.1) is 0 Å². The number of imide groups is 1. The second-order valence-electron chi connectivity index (χ2n) is 7.51. The van der Waals surface area contributed by atoms with Gasteiger partial charge in [-0.2, -0.15) is 5.10 Å². The molecule has 1 aromatic heterocycles. The Morgan fingerprint density at radius 1 is 1.07 bits per heavy atom. The molecule has 2 aromatic carbocycles. The van der Waals surface area contributed by atoms with Crippen LogP contribution in [0.15, 0.2) is 42.6 Å². The van der Waals surface area contributed by atoms with Crippen LogP contribution in [0.2, 0.25) is 0 Å². The van der Waals surface area contributed by atoms with Crippen LogP contribution < -0.4 is 9.47 Å². The van der Waals surface area contributed by atoms with E-state index < -0.39 is 0 Å². The molecule has 3 aromatic rings. The summed E-state index contributed by atoms with van der Waals surface area (Å²) < 4.78 is 11.8. The van der Waals surface area contributed by atoms with Gasteiger partial charge in [0.1, 0.15) is 6.10 Å². The number of methoxy groups -OCH3 is 1. The number of aromatic amines is 1. The van der Waals surface area contributed by atoms with Crippen molar-refractivity contribution in [1.29, 1.82) is 0 Å². The number of fused-ring (bicyclic) bond motifs is 2. The second kappa shape index (κ2) is 6.92. The molecule has 2 amide bonds. The Morgan fingerprint density at radius 2 is 1.83 bits per heavy atom. The lowest BCUT2D eigenvalue weighted by Gasteiger charge is -2.34. The fourth-order valence-electron chi connectivity index (χ4n) is 4.46. The summed E-state index contributed by atoms with van der Waals surface area (Å²) in [5.41, 5.74) is 1.86. The minimum Gasteiger partial charge on any atom is -0.492 e. The predicted octanol–water partition coefficient (Wildman–Crippen LogP) is 3.56. The van der Waals surface area contributed by atoms with Crippen molar-refractivity contribution in [3.63, 3.8) is 0 Å². The summed E-state index contributed by atoms with van der Waals surface area (Å²) in [6.07, 6.45) is 4.77. The number of rotatable bonds is 4. The highest BCUT2D eigenvalue weighted by Crippen LogP contribution is 2.38. The van der Waals surface area contributed by atoms with Gasteiger partial charge in [0, 0.05) is 12.5 Å². The molecule has 0 spiro atoms. The zero-order chi connectivity index (χ0) is 20.0. The first-order valence-electron chi connectivity index (χ1n) is 9.81. The summed E-state index contributed by atoms with van der Waals surface area (Å²) in [4.78, 5) is 27.1. The van der Waals surface area contributed by atoms with Crippen LogP contribution in [0.1, 0.15) is 46.4 Å². The molecule has 1 N–H and O–H groups in total. The number of carbonyl (C=O) groups is 2. The fourth-order valence-corrected chi connectivity index (χ4v) is 4.46. The van der Waals surface area contributed by atoms with Crippen molar-refractivity contribution in [2.75, 3.05) is 7.11 Å². The molecule has 0 saturated heterocycles. The molecular formula is C22H21N3O4. The minimum absolute atomic E-state index is 0.101. The Balaban J connectivity index is 1.37. The highest BCUT2D eigenvalue weighted by molar-refractivity contribution is 6.21. The molecule has 29 heavy (non-hydrogen) atoms. The van der Waals surface area contributed by atoms with Crippen LogP contribution in [-0.4, -0.2) is 46.2 Å². The Bertz CT molecular complexity index is 1070. The van der Waals surface area contributed by atoms with E-state index >= 15 is 0 Å². The highest BCUT2D eigenvalue weighted by atomic mass is 16.5. The van der Waals surface area contributed by atoms with Crippen LogP contribution in [0.5, 0.6) is 11.5 Å². The Hall–Kier alpha value is -3.35. The largest absolute Gasteiger partial charge is 0.492 e. The zero-order valence-electron chi connectivity index (χ0n) is 16.1. The van der Waals surface area contributed by atoms with Crippen molar-refractivity contribution in [2.45, 2.75) is 37.8 Å². The van der Waals surface area contributed by atoms with E-state index in [2.05, 4.69) is 10.2 Å². The molecule has 2 heterocycles. The van der Waals surface area contributed by atoms with Crippen molar-refractivity contribution in [2.24, 2.45) is 0 Å². The van der Waals surface area contributed by atoms with Gasteiger partial charge >= 0.3 is 0 Å². The summed E-state index contributed by atoms with van der Waals surface area (Å²) >= 11 is 0. The standard InChI is InChI=1S/C22H21N3O4/c1-28-20-17-12-23-24-18(17)9-10-19(20)29-14-6-4-5-13(11-14)25-21(26)15-7-2-3-8-16(15)22(25)27/h2-3,7-10,12-14H,4-6,11H2,1H3,(H,23,24)/t13-,14+/m1/s1. The fraction of sp³-hybridized carbons (Fsp3) is 0.318. The monoisotopic (exact) mass is 391 g/mol. The molecule has 1 aliphatic carbocycles. The Morgan fingerprint density at radius 3 is 2.55 bits per heavy atom. The van der Waals surface area contributed by atoms with Gasteiger partial charge < -0.3 is 9.47 Å². The van der Waals surface area contributed by atoms with E-state index in [1.165, 1.54) is 4.90 Å². The molecule has 2 aliphatic rings. The molecule has 1 saturated carbocycles. The van der Waals surface area contributed by atoms with Crippen LogP contribution in [0.4, 0.5) is 0 Å². The van der Waals surface area contributed by atoms with Gasteiger partial charge in [0.2, 0.25) is 0 Å². The van der Waals surface area contributed by atoms with Crippen LogP contribution in [-0.2, 0) is 0 Å². The Labute approximate surface area is 167 Å². The first-order valence-corrected chi connectivity index (χ1v) is 9.81. The lowest BCUT2D eigenvalue weighted by molar-refractivity contribution is 0.0448. The van der Waals surface area contributed by atoms with E-state index in [9.17, 15) is 9.59 Å². The van der Waals surface area contributed by atoms with Crippen molar-refractivity contribution in [3.05, 3.63) is 53.7 Å². The number of aromatic nitrogens is 2. The van der Waals surface area contributed by atoms with E-state index in [1.54, 1.807) is 37.6 Å². The average Bonchev–Trinajstić information content (AvgIpc) is 3.31. The molecule has 148 valence electrons. The first-order chi connectivity index (χ1) is 14.2. The summed E-state index contributed by atoms with van der Waals surface area (Å²) in [6, 6.07) is 10.6. The zero-order valence-corrected chi connectivity index (χ0v) is 16.1. The summed E-state index contributed by atoms with van der Waals surface area (Å²) in [6.45, 7) is 0. The molecule has 2 atom stereocenters. The highest BCUT2D eigenvalue weighted by Gasteiger charge is 2.41. The third kappa shape index (κ3) is 2.85. The van der Waals surface area contributed by atoms with Crippen LogP contribution in [0.3, 0.4) is 0 Å². The number of hydrogen-bond donors (Lipinski definition) is 1. The number of carbonyl (C=O) groups excluding carboxylic acids is 2. The molecule has 1 aliphatic heterocycles.